The number of nitrogens with one attached hydrogen (secondary N) is 1. The first-order valence-electron chi connectivity index (χ1n) is 29.2. The summed E-state index contributed by atoms with van der Waals surface area (Å²) in [6.45, 7) is 21.5. The van der Waals surface area contributed by atoms with Gasteiger partial charge in [-0.25, -0.2) is 0 Å². The number of hydrogen-bond acceptors (Lipinski definition) is 17. The van der Waals surface area contributed by atoms with E-state index in [1.165, 1.54) is 14.0 Å². The number of fused-ring (bicyclic) bond motifs is 5. The molecule has 7 rings (SSSR count). The van der Waals surface area contributed by atoms with Crippen molar-refractivity contribution in [1.29, 1.82) is 0 Å². The minimum Gasteiger partial charge on any atom is -0.459 e. The lowest BCUT2D eigenvalue weighted by atomic mass is 9.46. The summed E-state index contributed by atoms with van der Waals surface area (Å²) >= 11 is 0. The van der Waals surface area contributed by atoms with Crippen molar-refractivity contribution in [3.05, 3.63) is 11.6 Å². The number of hydrogen-bond donors (Lipinski definition) is 6. The highest BCUT2D eigenvalue weighted by Gasteiger charge is 2.69. The Morgan fingerprint density at radius 1 is 0.909 bits per heavy atom. The number of nitrogens with zero attached hydrogens (tertiary/aromatic N) is 2. The number of esters is 1. The summed E-state index contributed by atoms with van der Waals surface area (Å²) in [5.41, 5.74) is -5.60. The molecule has 18 nitrogen and oxygen atoms in total. The van der Waals surface area contributed by atoms with Crippen molar-refractivity contribution >= 4 is 23.4 Å². The zero-order valence-corrected chi connectivity index (χ0v) is 49.0. The summed E-state index contributed by atoms with van der Waals surface area (Å²) in [4.78, 5) is 59.7. The topological polar surface area (TPSA) is 243 Å². The second-order valence-corrected chi connectivity index (χ2v) is 26.6. The van der Waals surface area contributed by atoms with Crippen LogP contribution in [0, 0.1) is 39.9 Å². The van der Waals surface area contributed by atoms with Crippen LogP contribution in [0.2, 0.25) is 0 Å². The molecule has 0 aromatic carbocycles. The predicted octanol–water partition coefficient (Wildman–Crippen LogP) is 5.00. The molecule has 18 heteroatoms. The molecule has 4 aliphatic carbocycles. The highest BCUT2D eigenvalue weighted by Crippen LogP contribution is 2.66. The van der Waals surface area contributed by atoms with E-state index in [9.17, 15) is 44.7 Å². The van der Waals surface area contributed by atoms with Gasteiger partial charge in [-0.3, -0.25) is 24.1 Å². The molecule has 6 N–H and O–H groups in total. The van der Waals surface area contributed by atoms with E-state index >= 15 is 0 Å². The standard InChI is InChI=1S/C59H99N3O15/c1-15-44-58(11,70)49(66)35(4)62(27-17-25-60-53(69)59(71)24-21-40-39-19-18-37-29-38(63)20-23-55(37,8)47(39)42(64)31-56(40,59)9)26-16-22-54(6,7)45(77-52-48(65)41(61(12)13)28-33(2)73-52)30-43(34(3)51(68)76-44)75-46-32-57(10,72-14)50(67)36(5)74-46/h29,33-36,39-41,43-50,52,65-67,70-71H,15-28,30-32H2,1-14H3,(H,60,69)/t33-,34+,35+,36+,39?,40?,41-,43-,44+,45+,46+,47?,48?,49-,50+,52+,55-,56-,57-,58-,59-/m0/s1. The van der Waals surface area contributed by atoms with Gasteiger partial charge in [-0.2, -0.15) is 0 Å². The fraction of sp³-hybridized carbons (Fsp3) is 0.898. The third-order valence-electron chi connectivity index (χ3n) is 20.9. The highest BCUT2D eigenvalue weighted by molar-refractivity contribution is 5.94. The first kappa shape index (κ1) is 62.1. The number of amides is 1. The molecule has 0 aromatic rings. The molecular formula is C59H99N3O15. The summed E-state index contributed by atoms with van der Waals surface area (Å²) in [7, 11) is 5.35. The summed E-state index contributed by atoms with van der Waals surface area (Å²) in [5, 5.41) is 62.9. The number of likely N-dealkylation sites (N-methyl/N-ethyl adjacent to an activating group) is 1. The van der Waals surface area contributed by atoms with E-state index < -0.39 is 107 Å². The second kappa shape index (κ2) is 23.8. The van der Waals surface area contributed by atoms with Crippen molar-refractivity contribution in [2.45, 2.75) is 256 Å². The van der Waals surface area contributed by atoms with E-state index in [0.717, 1.165) is 18.4 Å². The number of Topliss-reactive ketones (excluding diaryl/α,β-unsaturated/α-hetero) is 1. The number of cyclic esters (lactones) is 1. The Bertz CT molecular complexity index is 2140. The number of ketones is 2. The fourth-order valence-corrected chi connectivity index (χ4v) is 15.5. The minimum absolute atomic E-state index is 0.0199. The molecule has 4 unspecified atom stereocenters. The van der Waals surface area contributed by atoms with Crippen LogP contribution >= 0.6 is 0 Å². The van der Waals surface area contributed by atoms with Crippen LogP contribution in [0.3, 0.4) is 0 Å². The third-order valence-corrected chi connectivity index (χ3v) is 20.9. The van der Waals surface area contributed by atoms with Crippen molar-refractivity contribution in [3.63, 3.8) is 0 Å². The van der Waals surface area contributed by atoms with Gasteiger partial charge in [-0.15, -0.1) is 0 Å². The Kier molecular flexibility index (Phi) is 19.2. The van der Waals surface area contributed by atoms with Gasteiger partial charge >= 0.3 is 5.97 Å². The van der Waals surface area contributed by atoms with Crippen molar-refractivity contribution in [2.24, 2.45) is 39.9 Å². The number of aliphatic hydroxyl groups is 5. The molecule has 21 atom stereocenters. The molecule has 3 heterocycles. The Labute approximate surface area is 459 Å². The van der Waals surface area contributed by atoms with Crippen LogP contribution in [0.5, 0.6) is 0 Å². The van der Waals surface area contributed by atoms with E-state index in [1.807, 2.05) is 39.8 Å². The zero-order chi connectivity index (χ0) is 57.0. The number of carbonyl (C=O) groups is 4. The highest BCUT2D eigenvalue weighted by atomic mass is 16.7. The minimum atomic E-state index is -1.92. The van der Waals surface area contributed by atoms with Crippen LogP contribution < -0.4 is 5.32 Å². The SMILES string of the molecule is CC[C@H]1OC(=O)[C@H](C)[C@@H](O[C@@H]2C[C@](C)(OC)[C@H](O)[C@@H](C)O2)C[C@@H](O[C@H]2O[C@@H](C)C[C@H](N(C)C)C2O)C(C)(C)CCCN(CCCNC(=O)[C@@]2(O)CCC3C4CCC5=CC(=O)CC[C@]5(C)C4C(=O)C[C@@]32C)[C@H](C)[C@H](O)[C@@]1(C)O. The summed E-state index contributed by atoms with van der Waals surface area (Å²) < 4.78 is 38.4. The second-order valence-electron chi connectivity index (χ2n) is 26.6. The lowest BCUT2D eigenvalue weighted by molar-refractivity contribution is -0.303. The summed E-state index contributed by atoms with van der Waals surface area (Å²) in [6.07, 6.45) is -0.958. The van der Waals surface area contributed by atoms with Gasteiger partial charge in [-0.1, -0.05) is 40.2 Å². The molecule has 0 bridgehead atoms. The molecule has 6 fully saturated rings. The normalized spacial score (nSPS) is 46.4. The predicted molar refractivity (Wildman–Crippen MR) is 287 cm³/mol. The number of allylic oxidation sites excluding steroid dienone is 1. The van der Waals surface area contributed by atoms with Crippen molar-refractivity contribution in [2.75, 3.05) is 40.8 Å². The maximum atomic E-state index is 14.6. The summed E-state index contributed by atoms with van der Waals surface area (Å²) in [6, 6.07) is -0.915. The Morgan fingerprint density at radius 3 is 2.27 bits per heavy atom. The third kappa shape index (κ3) is 12.1. The maximum Gasteiger partial charge on any atom is 0.311 e. The molecule has 3 aliphatic heterocycles. The Balaban J connectivity index is 1.11. The molecule has 7 aliphatic rings. The Hall–Kier alpha value is -2.46. The van der Waals surface area contributed by atoms with Crippen LogP contribution in [-0.4, -0.2) is 190 Å². The quantitative estimate of drug-likeness (QED) is 0.111. The average molecular weight is 1090 g/mol. The largest absolute Gasteiger partial charge is 0.459 e. The smallest absolute Gasteiger partial charge is 0.311 e. The van der Waals surface area contributed by atoms with E-state index in [-0.39, 0.29) is 85.5 Å². The zero-order valence-electron chi connectivity index (χ0n) is 49.0. The first-order chi connectivity index (χ1) is 35.9. The van der Waals surface area contributed by atoms with Crippen molar-refractivity contribution in [1.82, 2.24) is 15.1 Å². The van der Waals surface area contributed by atoms with Gasteiger partial charge < -0.3 is 64.2 Å². The summed E-state index contributed by atoms with van der Waals surface area (Å²) in [5.74, 6) is -2.17. The number of methoxy groups -OCH3 is 1. The maximum absolute atomic E-state index is 14.6. The van der Waals surface area contributed by atoms with Crippen LogP contribution in [0.4, 0.5) is 0 Å². The van der Waals surface area contributed by atoms with Crippen LogP contribution in [0.25, 0.3) is 0 Å². The van der Waals surface area contributed by atoms with Gasteiger partial charge in [0.2, 0.25) is 0 Å². The fourth-order valence-electron chi connectivity index (χ4n) is 15.5. The van der Waals surface area contributed by atoms with E-state index in [2.05, 4.69) is 31.0 Å². The van der Waals surface area contributed by atoms with Crippen molar-refractivity contribution in [3.8, 4) is 0 Å². The van der Waals surface area contributed by atoms with Gasteiger partial charge in [0.15, 0.2) is 18.4 Å². The number of aliphatic hydroxyl groups excluding tert-OH is 3. The van der Waals surface area contributed by atoms with E-state index in [4.69, 9.17) is 28.4 Å². The van der Waals surface area contributed by atoms with Crippen LogP contribution in [0.15, 0.2) is 11.6 Å². The molecule has 1 amide bonds. The molecule has 0 radical (unpaired) electrons. The Morgan fingerprint density at radius 2 is 1.61 bits per heavy atom. The van der Waals surface area contributed by atoms with Crippen LogP contribution in [0.1, 0.15) is 166 Å². The van der Waals surface area contributed by atoms with Crippen molar-refractivity contribution < 1.29 is 73.1 Å². The molecular weight excluding hydrogens is 991 g/mol. The molecule has 0 aromatic heterocycles. The van der Waals surface area contributed by atoms with E-state index in [0.29, 0.717) is 58.0 Å². The molecule has 440 valence electrons. The number of ether oxygens (including phenoxy) is 6. The number of carbonyl (C=O) groups excluding carboxylic acids is 4. The lowest BCUT2D eigenvalue weighted by Gasteiger charge is -2.57. The van der Waals surface area contributed by atoms with Gasteiger partial charge in [-0.05, 0) is 155 Å². The number of rotatable bonds is 12. The average Bonchev–Trinajstić information content (AvgIpc) is 3.64. The van der Waals surface area contributed by atoms with Gasteiger partial charge in [0.25, 0.3) is 5.91 Å². The molecule has 3 saturated carbocycles. The first-order valence-corrected chi connectivity index (χ1v) is 29.2. The molecule has 77 heavy (non-hydrogen) atoms. The van der Waals surface area contributed by atoms with E-state index in [1.54, 1.807) is 33.8 Å². The monoisotopic (exact) mass is 1090 g/mol. The van der Waals surface area contributed by atoms with Crippen LogP contribution in [-0.2, 0) is 47.6 Å². The van der Waals surface area contributed by atoms with Gasteiger partial charge in [0.05, 0.1) is 35.9 Å². The molecule has 3 saturated heterocycles. The molecule has 0 spiro atoms. The lowest BCUT2D eigenvalue weighted by Crippen LogP contribution is -2.62. The van der Waals surface area contributed by atoms with Gasteiger partial charge in [0.1, 0.15) is 41.4 Å². The van der Waals surface area contributed by atoms with Gasteiger partial charge in [0, 0.05) is 69.3 Å².